The van der Waals surface area contributed by atoms with Crippen molar-refractivity contribution in [3.05, 3.63) is 71.3 Å². The lowest BCUT2D eigenvalue weighted by molar-refractivity contribution is -0.131. The van der Waals surface area contributed by atoms with Crippen LogP contribution in [-0.4, -0.2) is 35.5 Å². The molecule has 0 unspecified atom stereocenters. The van der Waals surface area contributed by atoms with E-state index in [4.69, 9.17) is 21.4 Å². The van der Waals surface area contributed by atoms with Crippen LogP contribution in [0, 0.1) is 0 Å². The number of halogens is 1. The molecule has 2 aromatic carbocycles. The Bertz CT molecular complexity index is 907. The Hall–Kier alpha value is -3.65. The number of anilines is 2. The third-order valence-corrected chi connectivity index (χ3v) is 3.48. The first kappa shape index (κ1) is 20.7. The smallest absolute Gasteiger partial charge is 0.338 e. The molecule has 2 rings (SSSR count). The van der Waals surface area contributed by atoms with Gasteiger partial charge in [-0.15, -0.1) is 0 Å². The normalized spacial score (nSPS) is 10.3. The van der Waals surface area contributed by atoms with Gasteiger partial charge in [-0.2, -0.15) is 0 Å². The third kappa shape index (κ3) is 6.93. The van der Waals surface area contributed by atoms with Crippen LogP contribution in [-0.2, 0) is 19.1 Å². The molecule has 0 aliphatic carbocycles. The number of hydrogen-bond donors (Lipinski definition) is 3. The summed E-state index contributed by atoms with van der Waals surface area (Å²) < 4.78 is 4.93. The number of ether oxygens (including phenoxy) is 1. The van der Waals surface area contributed by atoms with Crippen molar-refractivity contribution in [1.29, 1.82) is 0 Å². The summed E-state index contributed by atoms with van der Waals surface area (Å²) in [6, 6.07) is 12.1. The van der Waals surface area contributed by atoms with Gasteiger partial charge < -0.3 is 20.5 Å². The van der Waals surface area contributed by atoms with E-state index in [-0.39, 0.29) is 5.56 Å². The zero-order valence-electron chi connectivity index (χ0n) is 14.3. The molecule has 0 saturated carbocycles. The second kappa shape index (κ2) is 9.89. The molecular weight excluding hydrogens is 388 g/mol. The van der Waals surface area contributed by atoms with Gasteiger partial charge in [0.05, 0.1) is 5.56 Å². The first-order chi connectivity index (χ1) is 13.3. The summed E-state index contributed by atoms with van der Waals surface area (Å²) in [4.78, 5) is 45.6. The van der Waals surface area contributed by atoms with E-state index in [1.807, 2.05) is 0 Å². The topological polar surface area (TPSA) is 122 Å². The minimum absolute atomic E-state index is 0.179. The number of rotatable bonds is 7. The van der Waals surface area contributed by atoms with Gasteiger partial charge in [-0.3, -0.25) is 9.59 Å². The van der Waals surface area contributed by atoms with Crippen molar-refractivity contribution >= 4 is 46.7 Å². The Balaban J connectivity index is 1.83. The van der Waals surface area contributed by atoms with Gasteiger partial charge in [0.2, 0.25) is 5.91 Å². The lowest BCUT2D eigenvalue weighted by atomic mass is 10.2. The average molecular weight is 403 g/mol. The number of carbonyl (C=O) groups is 4. The van der Waals surface area contributed by atoms with Crippen molar-refractivity contribution < 1.29 is 29.0 Å². The van der Waals surface area contributed by atoms with Crippen molar-refractivity contribution in [2.24, 2.45) is 0 Å². The molecule has 0 aromatic heterocycles. The Kier molecular flexibility index (Phi) is 7.29. The van der Waals surface area contributed by atoms with E-state index >= 15 is 0 Å². The van der Waals surface area contributed by atoms with Crippen LogP contribution < -0.4 is 10.6 Å². The maximum atomic E-state index is 12.0. The van der Waals surface area contributed by atoms with Crippen molar-refractivity contribution in [2.45, 2.75) is 0 Å². The molecule has 0 bridgehead atoms. The van der Waals surface area contributed by atoms with Gasteiger partial charge in [0.15, 0.2) is 6.61 Å². The molecule has 28 heavy (non-hydrogen) atoms. The van der Waals surface area contributed by atoms with Gasteiger partial charge in [-0.05, 0) is 48.5 Å². The predicted molar refractivity (Wildman–Crippen MR) is 102 cm³/mol. The van der Waals surface area contributed by atoms with Gasteiger partial charge in [0, 0.05) is 28.5 Å². The summed E-state index contributed by atoms with van der Waals surface area (Å²) in [5, 5.41) is 14.0. The standard InChI is InChI=1S/C19H15ClN2O6/c20-13-3-7-15(8-4-13)22-17(24)11-28-19(27)12-1-5-14(6-2-12)21-16(23)9-10-18(25)26/h1-10H,11H2,(H,21,23)(H,22,24)(H,25,26). The summed E-state index contributed by atoms with van der Waals surface area (Å²) in [7, 11) is 0. The largest absolute Gasteiger partial charge is 0.478 e. The summed E-state index contributed by atoms with van der Waals surface area (Å²) in [6.07, 6.45) is 1.57. The molecule has 0 radical (unpaired) electrons. The fourth-order valence-electron chi connectivity index (χ4n) is 1.97. The lowest BCUT2D eigenvalue weighted by Crippen LogP contribution is -2.20. The van der Waals surface area contributed by atoms with Gasteiger partial charge in [-0.25, -0.2) is 9.59 Å². The Labute approximate surface area is 164 Å². The van der Waals surface area contributed by atoms with Crippen LogP contribution in [0.25, 0.3) is 0 Å². The molecule has 0 atom stereocenters. The van der Waals surface area contributed by atoms with Crippen LogP contribution >= 0.6 is 11.6 Å². The molecule has 9 heteroatoms. The maximum absolute atomic E-state index is 12.0. The number of amides is 2. The number of aliphatic carboxylic acids is 1. The lowest BCUT2D eigenvalue weighted by Gasteiger charge is -2.07. The summed E-state index contributed by atoms with van der Waals surface area (Å²) in [5.41, 5.74) is 1.05. The van der Waals surface area contributed by atoms with E-state index in [2.05, 4.69) is 10.6 Å². The van der Waals surface area contributed by atoms with Crippen molar-refractivity contribution in [2.75, 3.05) is 17.2 Å². The number of esters is 1. The quantitative estimate of drug-likeness (QED) is 0.483. The van der Waals surface area contributed by atoms with Crippen LogP contribution in [0.2, 0.25) is 5.02 Å². The van der Waals surface area contributed by atoms with E-state index in [1.165, 1.54) is 24.3 Å². The minimum Gasteiger partial charge on any atom is -0.478 e. The van der Waals surface area contributed by atoms with Crippen LogP contribution in [0.1, 0.15) is 10.4 Å². The fourth-order valence-corrected chi connectivity index (χ4v) is 2.09. The highest BCUT2D eigenvalue weighted by Gasteiger charge is 2.11. The molecule has 0 aliphatic heterocycles. The maximum Gasteiger partial charge on any atom is 0.338 e. The van der Waals surface area contributed by atoms with Crippen LogP contribution in [0.4, 0.5) is 11.4 Å². The van der Waals surface area contributed by atoms with Crippen molar-refractivity contribution in [3.63, 3.8) is 0 Å². The number of nitrogens with one attached hydrogen (secondary N) is 2. The average Bonchev–Trinajstić information content (AvgIpc) is 2.67. The molecule has 2 aromatic rings. The number of carbonyl (C=O) groups excluding carboxylic acids is 3. The monoisotopic (exact) mass is 402 g/mol. The van der Waals surface area contributed by atoms with Gasteiger partial charge in [0.25, 0.3) is 5.91 Å². The van der Waals surface area contributed by atoms with E-state index in [1.54, 1.807) is 24.3 Å². The molecule has 0 aliphatic rings. The van der Waals surface area contributed by atoms with Crippen LogP contribution in [0.15, 0.2) is 60.7 Å². The Morgan fingerprint density at radius 2 is 1.46 bits per heavy atom. The third-order valence-electron chi connectivity index (χ3n) is 3.23. The van der Waals surface area contributed by atoms with Crippen LogP contribution in [0.3, 0.4) is 0 Å². The van der Waals surface area contributed by atoms with Gasteiger partial charge in [0.1, 0.15) is 0 Å². The second-order valence-electron chi connectivity index (χ2n) is 5.37. The van der Waals surface area contributed by atoms with Gasteiger partial charge in [-0.1, -0.05) is 11.6 Å². The molecule has 144 valence electrons. The molecule has 0 saturated heterocycles. The molecule has 0 fully saturated rings. The zero-order chi connectivity index (χ0) is 20.5. The van der Waals surface area contributed by atoms with Crippen molar-refractivity contribution in [1.82, 2.24) is 0 Å². The zero-order valence-corrected chi connectivity index (χ0v) is 15.1. The highest BCUT2D eigenvalue weighted by atomic mass is 35.5. The van der Waals surface area contributed by atoms with Gasteiger partial charge >= 0.3 is 11.9 Å². The predicted octanol–water partition coefficient (Wildman–Crippen LogP) is 2.71. The fraction of sp³-hybridized carbons (Fsp3) is 0.0526. The molecule has 2 amide bonds. The van der Waals surface area contributed by atoms with E-state index in [9.17, 15) is 19.2 Å². The summed E-state index contributed by atoms with van der Waals surface area (Å²) >= 11 is 5.75. The number of benzene rings is 2. The molecule has 8 nitrogen and oxygen atoms in total. The highest BCUT2D eigenvalue weighted by Crippen LogP contribution is 2.14. The SMILES string of the molecule is O=C(O)C=CC(=O)Nc1ccc(C(=O)OCC(=O)Nc2ccc(Cl)cc2)cc1. The Morgan fingerprint density at radius 1 is 0.893 bits per heavy atom. The summed E-state index contributed by atoms with van der Waals surface area (Å²) in [6.45, 7) is -0.472. The van der Waals surface area contributed by atoms with Crippen LogP contribution in [0.5, 0.6) is 0 Å². The van der Waals surface area contributed by atoms with E-state index in [0.717, 1.165) is 6.08 Å². The molecule has 0 heterocycles. The Morgan fingerprint density at radius 3 is 2.07 bits per heavy atom. The van der Waals surface area contributed by atoms with E-state index in [0.29, 0.717) is 22.5 Å². The number of carboxylic acid groups (broad SMARTS) is 1. The molecule has 0 spiro atoms. The first-order valence-electron chi connectivity index (χ1n) is 7.88. The number of hydrogen-bond acceptors (Lipinski definition) is 5. The second-order valence-corrected chi connectivity index (χ2v) is 5.81. The molecule has 3 N–H and O–H groups in total. The number of carboxylic acids is 1. The van der Waals surface area contributed by atoms with E-state index < -0.39 is 30.4 Å². The first-order valence-corrected chi connectivity index (χ1v) is 8.26. The minimum atomic E-state index is -1.24. The van der Waals surface area contributed by atoms with Crippen molar-refractivity contribution in [3.8, 4) is 0 Å². The molecular formula is C19H15ClN2O6. The highest BCUT2D eigenvalue weighted by molar-refractivity contribution is 6.30. The summed E-state index contributed by atoms with van der Waals surface area (Å²) in [5.74, 6) is -3.09.